The SMILES string of the molecule is CCN=C1SC(=Cc2ccco2)C(=O)N1CC. The van der Waals surface area contributed by atoms with Crippen LogP contribution in [0.3, 0.4) is 0 Å². The molecule has 4 nitrogen and oxygen atoms in total. The number of hydrogen-bond donors (Lipinski definition) is 0. The summed E-state index contributed by atoms with van der Waals surface area (Å²) in [4.78, 5) is 18.7. The Balaban J connectivity index is 2.27. The molecular formula is C12H14N2O2S. The molecule has 5 heteroatoms. The van der Waals surface area contributed by atoms with Crippen molar-refractivity contribution in [2.45, 2.75) is 13.8 Å². The Morgan fingerprint density at radius 2 is 2.35 bits per heavy atom. The highest BCUT2D eigenvalue weighted by Gasteiger charge is 2.31. The lowest BCUT2D eigenvalue weighted by molar-refractivity contribution is -0.122. The number of furan rings is 1. The van der Waals surface area contributed by atoms with Crippen LogP contribution in [0, 0.1) is 0 Å². The molecule has 1 saturated heterocycles. The Bertz CT molecular complexity index is 463. The van der Waals surface area contributed by atoms with Crippen LogP contribution < -0.4 is 0 Å². The monoisotopic (exact) mass is 250 g/mol. The minimum absolute atomic E-state index is 0.00102. The lowest BCUT2D eigenvalue weighted by atomic mass is 10.3. The van der Waals surface area contributed by atoms with Gasteiger partial charge in [-0.05, 0) is 37.7 Å². The van der Waals surface area contributed by atoms with Gasteiger partial charge in [0.15, 0.2) is 5.17 Å². The predicted octanol–water partition coefficient (Wildman–Crippen LogP) is 2.59. The summed E-state index contributed by atoms with van der Waals surface area (Å²) in [6, 6.07) is 3.63. The summed E-state index contributed by atoms with van der Waals surface area (Å²) in [7, 11) is 0. The van der Waals surface area contributed by atoms with Crippen molar-refractivity contribution < 1.29 is 9.21 Å². The Morgan fingerprint density at radius 1 is 1.53 bits per heavy atom. The van der Waals surface area contributed by atoms with E-state index in [-0.39, 0.29) is 5.91 Å². The van der Waals surface area contributed by atoms with E-state index in [1.165, 1.54) is 11.8 Å². The molecule has 1 aromatic heterocycles. The van der Waals surface area contributed by atoms with Crippen molar-refractivity contribution in [3.8, 4) is 0 Å². The van der Waals surface area contributed by atoms with Crippen LogP contribution in [0.25, 0.3) is 6.08 Å². The molecule has 0 N–H and O–H groups in total. The van der Waals surface area contributed by atoms with Gasteiger partial charge in [0, 0.05) is 19.2 Å². The Morgan fingerprint density at radius 3 is 2.94 bits per heavy atom. The molecule has 0 spiro atoms. The fraction of sp³-hybridized carbons (Fsp3) is 0.333. The van der Waals surface area contributed by atoms with E-state index in [4.69, 9.17) is 4.42 Å². The zero-order chi connectivity index (χ0) is 12.3. The van der Waals surface area contributed by atoms with Gasteiger partial charge in [0.2, 0.25) is 0 Å². The quantitative estimate of drug-likeness (QED) is 0.775. The molecule has 2 heterocycles. The number of nitrogens with zero attached hydrogens (tertiary/aromatic N) is 2. The molecule has 0 aromatic carbocycles. The van der Waals surface area contributed by atoms with Crippen LogP contribution in [0.5, 0.6) is 0 Å². The number of rotatable bonds is 3. The maximum atomic E-state index is 12.1. The van der Waals surface area contributed by atoms with Gasteiger partial charge in [0.25, 0.3) is 5.91 Å². The fourth-order valence-electron chi connectivity index (χ4n) is 1.54. The number of likely N-dealkylation sites (N-methyl/N-ethyl adjacent to an activating group) is 1. The molecule has 17 heavy (non-hydrogen) atoms. The average molecular weight is 250 g/mol. The van der Waals surface area contributed by atoms with Crippen LogP contribution in [0.1, 0.15) is 19.6 Å². The van der Waals surface area contributed by atoms with Crippen molar-refractivity contribution in [2.75, 3.05) is 13.1 Å². The summed E-state index contributed by atoms with van der Waals surface area (Å²) < 4.78 is 5.21. The first-order valence-electron chi connectivity index (χ1n) is 5.55. The molecule has 0 saturated carbocycles. The summed E-state index contributed by atoms with van der Waals surface area (Å²) in [5, 5.41) is 0.776. The number of hydrogen-bond acceptors (Lipinski definition) is 4. The van der Waals surface area contributed by atoms with Gasteiger partial charge in [-0.3, -0.25) is 14.7 Å². The molecule has 0 aliphatic carbocycles. The molecule has 2 rings (SSSR count). The molecule has 1 aliphatic rings. The second kappa shape index (κ2) is 5.23. The third-order valence-corrected chi connectivity index (χ3v) is 3.36. The van der Waals surface area contributed by atoms with Gasteiger partial charge in [0.1, 0.15) is 5.76 Å². The fourth-order valence-corrected chi connectivity index (χ4v) is 2.63. The highest BCUT2D eigenvalue weighted by molar-refractivity contribution is 8.18. The zero-order valence-electron chi connectivity index (χ0n) is 9.84. The largest absolute Gasteiger partial charge is 0.465 e. The van der Waals surface area contributed by atoms with Crippen molar-refractivity contribution in [1.82, 2.24) is 4.90 Å². The average Bonchev–Trinajstić information content (AvgIpc) is 2.90. The number of thioether (sulfide) groups is 1. The van der Waals surface area contributed by atoms with E-state index in [2.05, 4.69) is 4.99 Å². The van der Waals surface area contributed by atoms with Crippen LogP contribution in [-0.2, 0) is 4.79 Å². The smallest absolute Gasteiger partial charge is 0.266 e. The van der Waals surface area contributed by atoms with Gasteiger partial charge < -0.3 is 4.42 Å². The molecule has 0 atom stereocenters. The van der Waals surface area contributed by atoms with E-state index < -0.39 is 0 Å². The van der Waals surface area contributed by atoms with Crippen LogP contribution >= 0.6 is 11.8 Å². The standard InChI is InChI=1S/C12H14N2O2S/c1-3-13-12-14(4-2)11(15)10(17-12)8-9-6-5-7-16-9/h5-8H,3-4H2,1-2H3. The first-order valence-corrected chi connectivity index (χ1v) is 6.37. The summed E-state index contributed by atoms with van der Waals surface area (Å²) in [5.41, 5.74) is 0. The van der Waals surface area contributed by atoms with Crippen LogP contribution in [0.4, 0.5) is 0 Å². The van der Waals surface area contributed by atoms with Gasteiger partial charge in [-0.25, -0.2) is 0 Å². The molecule has 1 aromatic rings. The highest BCUT2D eigenvalue weighted by Crippen LogP contribution is 2.32. The van der Waals surface area contributed by atoms with E-state index >= 15 is 0 Å². The molecule has 0 unspecified atom stereocenters. The van der Waals surface area contributed by atoms with E-state index in [1.807, 2.05) is 19.9 Å². The maximum Gasteiger partial charge on any atom is 0.266 e. The number of carbonyl (C=O) groups excluding carboxylic acids is 1. The van der Waals surface area contributed by atoms with Crippen molar-refractivity contribution in [3.63, 3.8) is 0 Å². The summed E-state index contributed by atoms with van der Waals surface area (Å²) >= 11 is 1.40. The molecule has 1 aliphatic heterocycles. The summed E-state index contributed by atoms with van der Waals surface area (Å²) in [6.45, 7) is 5.22. The molecule has 1 amide bonds. The molecule has 0 bridgehead atoms. The first-order chi connectivity index (χ1) is 8.26. The van der Waals surface area contributed by atoms with Crippen LogP contribution in [0.15, 0.2) is 32.7 Å². The Kier molecular flexibility index (Phi) is 3.68. The zero-order valence-corrected chi connectivity index (χ0v) is 10.7. The van der Waals surface area contributed by atoms with Gasteiger partial charge >= 0.3 is 0 Å². The van der Waals surface area contributed by atoms with Gasteiger partial charge in [-0.2, -0.15) is 0 Å². The first kappa shape index (κ1) is 12.0. The third-order valence-electron chi connectivity index (χ3n) is 2.31. The van der Waals surface area contributed by atoms with Crippen LogP contribution in [0.2, 0.25) is 0 Å². The lowest BCUT2D eigenvalue weighted by Gasteiger charge is -2.11. The third kappa shape index (κ3) is 2.44. The highest BCUT2D eigenvalue weighted by atomic mass is 32.2. The number of amides is 1. The van der Waals surface area contributed by atoms with E-state index in [9.17, 15) is 4.79 Å². The topological polar surface area (TPSA) is 45.8 Å². The normalized spacial score (nSPS) is 20.8. The minimum atomic E-state index is 0.00102. The van der Waals surface area contributed by atoms with Gasteiger partial charge in [0.05, 0.1) is 11.2 Å². The summed E-state index contributed by atoms with van der Waals surface area (Å²) in [6.07, 6.45) is 3.35. The van der Waals surface area contributed by atoms with Crippen molar-refractivity contribution >= 4 is 28.9 Å². The number of amidine groups is 1. The Labute approximate surface area is 104 Å². The van der Waals surface area contributed by atoms with Gasteiger partial charge in [-0.1, -0.05) is 0 Å². The summed E-state index contributed by atoms with van der Waals surface area (Å²) in [5.74, 6) is 0.691. The minimum Gasteiger partial charge on any atom is -0.465 e. The van der Waals surface area contributed by atoms with Crippen molar-refractivity contribution in [2.24, 2.45) is 4.99 Å². The molecular weight excluding hydrogens is 236 g/mol. The predicted molar refractivity (Wildman–Crippen MR) is 69.6 cm³/mol. The lowest BCUT2D eigenvalue weighted by Crippen LogP contribution is -2.28. The molecule has 90 valence electrons. The van der Waals surface area contributed by atoms with Crippen molar-refractivity contribution in [3.05, 3.63) is 29.1 Å². The van der Waals surface area contributed by atoms with Crippen LogP contribution in [-0.4, -0.2) is 29.1 Å². The number of aliphatic imine (C=N–C) groups is 1. The van der Waals surface area contributed by atoms with E-state index in [0.29, 0.717) is 23.8 Å². The molecule has 0 radical (unpaired) electrons. The maximum absolute atomic E-state index is 12.1. The van der Waals surface area contributed by atoms with Crippen molar-refractivity contribution in [1.29, 1.82) is 0 Å². The van der Waals surface area contributed by atoms with Gasteiger partial charge in [-0.15, -0.1) is 0 Å². The molecule has 1 fully saturated rings. The second-order valence-electron chi connectivity index (χ2n) is 3.43. The van der Waals surface area contributed by atoms with E-state index in [1.54, 1.807) is 23.3 Å². The number of carbonyl (C=O) groups is 1. The van der Waals surface area contributed by atoms with E-state index in [0.717, 1.165) is 5.17 Å². The second-order valence-corrected chi connectivity index (χ2v) is 4.44. The Hall–Kier alpha value is -1.49.